The van der Waals surface area contributed by atoms with Crippen molar-refractivity contribution in [3.8, 4) is 0 Å². The zero-order valence-electron chi connectivity index (χ0n) is 26.3. The highest BCUT2D eigenvalue weighted by molar-refractivity contribution is 5.78. The summed E-state index contributed by atoms with van der Waals surface area (Å²) in [6, 6.07) is 0. The van der Waals surface area contributed by atoms with Crippen LogP contribution in [0.25, 0.3) is 0 Å². The van der Waals surface area contributed by atoms with Crippen LogP contribution in [0.15, 0.2) is 0 Å². The molecule has 0 aliphatic heterocycles. The molecule has 0 bridgehead atoms. The fourth-order valence-corrected chi connectivity index (χ4v) is 5.07. The van der Waals surface area contributed by atoms with Gasteiger partial charge in [0, 0.05) is 5.41 Å². The first-order valence-corrected chi connectivity index (χ1v) is 13.6. The molecular weight excluding hydrogens is 436 g/mol. The lowest BCUT2D eigenvalue weighted by atomic mass is 9.57. The fraction of sp³-hybridized carbons (Fsp3) is 0.935. The lowest BCUT2D eigenvalue weighted by Gasteiger charge is -2.50. The monoisotopic (exact) mass is 496 g/mol. The van der Waals surface area contributed by atoms with Gasteiger partial charge in [0.25, 0.3) is 0 Å². The quantitative estimate of drug-likeness (QED) is 0.290. The van der Waals surface area contributed by atoms with Gasteiger partial charge in [-0.05, 0) is 67.6 Å². The molecule has 0 spiro atoms. The maximum atomic E-state index is 14.0. The van der Waals surface area contributed by atoms with E-state index in [4.69, 9.17) is 4.74 Å². The number of rotatable bonds is 11. The van der Waals surface area contributed by atoms with Crippen LogP contribution in [0.5, 0.6) is 0 Å². The summed E-state index contributed by atoms with van der Waals surface area (Å²) in [5.41, 5.74) is -2.26. The Labute approximate surface area is 218 Å². The van der Waals surface area contributed by atoms with E-state index < -0.39 is 22.9 Å². The Morgan fingerprint density at radius 1 is 0.771 bits per heavy atom. The highest BCUT2D eigenvalue weighted by atomic mass is 16.6. The molecular formula is C31H60O4. The first kappa shape index (κ1) is 33.9. The normalized spacial score (nSPS) is 18.4. The van der Waals surface area contributed by atoms with Crippen molar-refractivity contribution in [1.29, 1.82) is 0 Å². The molecule has 4 nitrogen and oxygen atoms in total. The summed E-state index contributed by atoms with van der Waals surface area (Å²) in [6.45, 7) is 33.9. The highest BCUT2D eigenvalue weighted by Crippen LogP contribution is 2.53. The molecule has 0 radical (unpaired) electrons. The number of esters is 1. The molecule has 0 aromatic carbocycles. The Balaban J connectivity index is 6.10. The highest BCUT2D eigenvalue weighted by Gasteiger charge is 2.53. The van der Waals surface area contributed by atoms with Gasteiger partial charge in [-0.3, -0.25) is 9.59 Å². The SMILES string of the molecule is CCC(C)(OC(=O)C(C)(CC(C)(C)C)C(C)(C)CCC(C)(C)CC(C(=O)O)C(C)(C)C)C(C)(C)C. The van der Waals surface area contributed by atoms with Crippen LogP contribution >= 0.6 is 0 Å². The fourth-order valence-electron chi connectivity index (χ4n) is 5.07. The third kappa shape index (κ3) is 9.08. The van der Waals surface area contributed by atoms with Crippen LogP contribution in [-0.2, 0) is 14.3 Å². The van der Waals surface area contributed by atoms with Crippen LogP contribution in [0.3, 0.4) is 0 Å². The number of carbonyl (C=O) groups is 2. The van der Waals surface area contributed by atoms with E-state index in [1.165, 1.54) is 0 Å². The second kappa shape index (κ2) is 10.7. The van der Waals surface area contributed by atoms with Gasteiger partial charge in [-0.25, -0.2) is 0 Å². The first-order chi connectivity index (χ1) is 15.1. The van der Waals surface area contributed by atoms with Gasteiger partial charge in [0.2, 0.25) is 0 Å². The number of carbonyl (C=O) groups excluding carboxylic acids is 1. The molecule has 0 aliphatic rings. The molecule has 0 saturated heterocycles. The lowest BCUT2D eigenvalue weighted by molar-refractivity contribution is -0.193. The number of ether oxygens (including phenoxy) is 1. The minimum atomic E-state index is -0.730. The van der Waals surface area contributed by atoms with E-state index in [9.17, 15) is 14.7 Å². The molecule has 208 valence electrons. The van der Waals surface area contributed by atoms with Crippen LogP contribution in [0, 0.1) is 38.4 Å². The second-order valence-electron chi connectivity index (χ2n) is 16.3. The predicted octanol–water partition coefficient (Wildman–Crippen LogP) is 9.16. The van der Waals surface area contributed by atoms with E-state index >= 15 is 0 Å². The van der Waals surface area contributed by atoms with Crippen molar-refractivity contribution in [3.05, 3.63) is 0 Å². The Morgan fingerprint density at radius 2 is 1.23 bits per heavy atom. The third-order valence-electron chi connectivity index (χ3n) is 8.93. The molecule has 0 aromatic heterocycles. The molecule has 0 aromatic rings. The zero-order valence-corrected chi connectivity index (χ0v) is 26.3. The maximum absolute atomic E-state index is 14.0. The van der Waals surface area contributed by atoms with Crippen molar-refractivity contribution in [3.63, 3.8) is 0 Å². The average Bonchev–Trinajstić information content (AvgIpc) is 2.61. The summed E-state index contributed by atoms with van der Waals surface area (Å²) in [5.74, 6) is -1.26. The van der Waals surface area contributed by atoms with Crippen LogP contribution in [0.4, 0.5) is 0 Å². The van der Waals surface area contributed by atoms with Crippen molar-refractivity contribution in [2.24, 2.45) is 38.4 Å². The molecule has 35 heavy (non-hydrogen) atoms. The Kier molecular flexibility index (Phi) is 10.4. The Bertz CT molecular complexity index is 727. The Hall–Kier alpha value is -1.06. The predicted molar refractivity (Wildman–Crippen MR) is 148 cm³/mol. The van der Waals surface area contributed by atoms with E-state index in [-0.39, 0.29) is 33.0 Å². The van der Waals surface area contributed by atoms with Gasteiger partial charge in [-0.1, -0.05) is 96.9 Å². The van der Waals surface area contributed by atoms with E-state index in [1.54, 1.807) is 0 Å². The van der Waals surface area contributed by atoms with Crippen LogP contribution in [0.2, 0.25) is 0 Å². The molecule has 0 heterocycles. The number of aliphatic carboxylic acids is 1. The molecule has 0 saturated carbocycles. The summed E-state index contributed by atoms with van der Waals surface area (Å²) in [6.07, 6.45) is 3.74. The molecule has 4 heteroatoms. The van der Waals surface area contributed by atoms with Gasteiger partial charge >= 0.3 is 11.9 Å². The molecule has 1 N–H and O–H groups in total. The molecule has 0 fully saturated rings. The standard InChI is InChI=1S/C31H60O4/c1-17-31(16,27(8,9)10)35-24(34)30(15,21-25(2,3)4)29(13,14)19-18-28(11,12)20-22(23(32)33)26(5,6)7/h22H,17-21H2,1-16H3,(H,32,33). The molecule has 0 amide bonds. The zero-order chi connectivity index (χ0) is 28.5. The molecule has 0 rings (SSSR count). The van der Waals surface area contributed by atoms with Crippen molar-refractivity contribution >= 4 is 11.9 Å². The summed E-state index contributed by atoms with van der Waals surface area (Å²) >= 11 is 0. The van der Waals surface area contributed by atoms with Gasteiger partial charge < -0.3 is 9.84 Å². The van der Waals surface area contributed by atoms with Crippen LogP contribution in [0.1, 0.15) is 143 Å². The summed E-state index contributed by atoms with van der Waals surface area (Å²) in [5, 5.41) is 9.87. The van der Waals surface area contributed by atoms with E-state index in [0.717, 1.165) is 25.7 Å². The second-order valence-corrected chi connectivity index (χ2v) is 16.3. The first-order valence-electron chi connectivity index (χ1n) is 13.6. The van der Waals surface area contributed by atoms with Crippen molar-refractivity contribution in [2.45, 2.75) is 148 Å². The number of carboxylic acid groups (broad SMARTS) is 1. The van der Waals surface area contributed by atoms with Crippen molar-refractivity contribution < 1.29 is 19.4 Å². The van der Waals surface area contributed by atoms with Gasteiger partial charge in [0.1, 0.15) is 5.60 Å². The van der Waals surface area contributed by atoms with Gasteiger partial charge in [-0.2, -0.15) is 0 Å². The van der Waals surface area contributed by atoms with E-state index in [2.05, 4.69) is 90.0 Å². The minimum Gasteiger partial charge on any atom is -0.481 e. The van der Waals surface area contributed by atoms with Gasteiger partial charge in [0.15, 0.2) is 0 Å². The maximum Gasteiger partial charge on any atom is 0.312 e. The third-order valence-corrected chi connectivity index (χ3v) is 8.93. The smallest absolute Gasteiger partial charge is 0.312 e. The Morgan fingerprint density at radius 3 is 1.54 bits per heavy atom. The summed E-state index contributed by atoms with van der Waals surface area (Å²) in [7, 11) is 0. The van der Waals surface area contributed by atoms with Crippen molar-refractivity contribution in [2.75, 3.05) is 0 Å². The molecule has 0 aliphatic carbocycles. The molecule has 3 atom stereocenters. The van der Waals surface area contributed by atoms with E-state index in [1.807, 2.05) is 20.8 Å². The largest absolute Gasteiger partial charge is 0.481 e. The number of hydrogen-bond acceptors (Lipinski definition) is 3. The summed E-state index contributed by atoms with van der Waals surface area (Å²) in [4.78, 5) is 26.0. The molecule has 3 unspecified atom stereocenters. The van der Waals surface area contributed by atoms with Crippen molar-refractivity contribution in [1.82, 2.24) is 0 Å². The lowest BCUT2D eigenvalue weighted by Crippen LogP contribution is -2.52. The van der Waals surface area contributed by atoms with Crippen LogP contribution in [-0.4, -0.2) is 22.6 Å². The van der Waals surface area contributed by atoms with Gasteiger partial charge in [-0.15, -0.1) is 0 Å². The minimum absolute atomic E-state index is 0.0501. The number of hydrogen-bond donors (Lipinski definition) is 1. The average molecular weight is 497 g/mol. The van der Waals surface area contributed by atoms with E-state index in [0.29, 0.717) is 6.42 Å². The summed E-state index contributed by atoms with van der Waals surface area (Å²) < 4.78 is 6.40. The van der Waals surface area contributed by atoms with Gasteiger partial charge in [0.05, 0.1) is 11.3 Å². The van der Waals surface area contributed by atoms with Crippen LogP contribution < -0.4 is 0 Å². The topological polar surface area (TPSA) is 63.6 Å². The number of carboxylic acids is 1.